The van der Waals surface area contributed by atoms with Gasteiger partial charge >= 0.3 is 11.9 Å². The van der Waals surface area contributed by atoms with Crippen LogP contribution < -0.4 is 9.62 Å². The summed E-state index contributed by atoms with van der Waals surface area (Å²) in [5.41, 5.74) is 4.26. The van der Waals surface area contributed by atoms with Gasteiger partial charge in [0.2, 0.25) is 15.9 Å². The average Bonchev–Trinajstić information content (AvgIpc) is 3.04. The van der Waals surface area contributed by atoms with Crippen LogP contribution in [-0.2, 0) is 37.2 Å². The van der Waals surface area contributed by atoms with Crippen molar-refractivity contribution in [2.24, 2.45) is 11.8 Å². The summed E-state index contributed by atoms with van der Waals surface area (Å²) in [7, 11) is -3.19. The molecule has 3 atom stereocenters. The van der Waals surface area contributed by atoms with Crippen LogP contribution in [0, 0.1) is 17.7 Å². The van der Waals surface area contributed by atoms with Gasteiger partial charge in [-0.2, -0.15) is 0 Å². The van der Waals surface area contributed by atoms with Crippen molar-refractivity contribution in [2.45, 2.75) is 69.9 Å². The first-order valence-electron chi connectivity index (χ1n) is 16.2. The number of aliphatic hydroxyl groups excluding tert-OH is 1. The molecular formula is C36H43FN2O8S. The van der Waals surface area contributed by atoms with Crippen LogP contribution in [0.25, 0.3) is 0 Å². The van der Waals surface area contributed by atoms with Gasteiger partial charge in [-0.05, 0) is 97.9 Å². The van der Waals surface area contributed by atoms with Crippen LogP contribution in [0.2, 0.25) is 0 Å². The van der Waals surface area contributed by atoms with E-state index in [9.17, 15) is 32.3 Å². The zero-order valence-corrected chi connectivity index (χ0v) is 27.7. The normalized spacial score (nSPS) is 16.9. The van der Waals surface area contributed by atoms with E-state index in [-0.39, 0.29) is 18.4 Å². The second-order valence-electron chi connectivity index (χ2n) is 12.4. The SMILES string of the molecule is CS(=O)(=O)NCCCCCc1ccc(N2C(=O)C(CC[C@H](O)c3ccc(F)cc3)[C@H]2c2ccc(CCCC(C(=O)O)C(=O)O)cc2)cc1. The van der Waals surface area contributed by atoms with Gasteiger partial charge in [0, 0.05) is 12.2 Å². The van der Waals surface area contributed by atoms with Crippen molar-refractivity contribution in [2.75, 3.05) is 17.7 Å². The maximum atomic E-state index is 13.6. The zero-order valence-electron chi connectivity index (χ0n) is 26.9. The molecular weight excluding hydrogens is 639 g/mol. The molecule has 0 aromatic heterocycles. The van der Waals surface area contributed by atoms with Crippen LogP contribution in [0.3, 0.4) is 0 Å². The smallest absolute Gasteiger partial charge is 0.317 e. The van der Waals surface area contributed by atoms with Gasteiger partial charge in [-0.1, -0.05) is 55.0 Å². The van der Waals surface area contributed by atoms with Gasteiger partial charge < -0.3 is 20.2 Å². The Bertz CT molecular complexity index is 1630. The van der Waals surface area contributed by atoms with Gasteiger partial charge in [0.15, 0.2) is 5.92 Å². The summed E-state index contributed by atoms with van der Waals surface area (Å²) in [5.74, 6) is -4.99. The summed E-state index contributed by atoms with van der Waals surface area (Å²) in [6, 6.07) is 20.9. The van der Waals surface area contributed by atoms with E-state index in [0.717, 1.165) is 54.3 Å². The lowest BCUT2D eigenvalue weighted by Gasteiger charge is -2.48. The minimum Gasteiger partial charge on any atom is -0.481 e. The second-order valence-corrected chi connectivity index (χ2v) is 14.2. The second kappa shape index (κ2) is 16.8. The number of rotatable bonds is 19. The third kappa shape index (κ3) is 10.2. The predicted octanol–water partition coefficient (Wildman–Crippen LogP) is 5.41. The standard InChI is InChI=1S/C36H43FN2O8S/c1-48(46,47)38-23-4-2-3-6-24-11-19-29(20-12-24)39-33(30(34(39)41)21-22-32(40)26-15-17-28(37)18-16-26)27-13-9-25(10-14-27)7-5-8-31(35(42)43)36(44)45/h9-20,30-33,38,40H,2-8,21-23H2,1H3,(H,42,43)(H,44,45)/t30?,32-,33+/m0/s1. The summed E-state index contributed by atoms with van der Waals surface area (Å²) in [5, 5.41) is 29.0. The van der Waals surface area contributed by atoms with E-state index >= 15 is 0 Å². The molecule has 258 valence electrons. The molecule has 10 nitrogen and oxygen atoms in total. The number of carboxylic acids is 2. The van der Waals surface area contributed by atoms with Gasteiger partial charge in [0.25, 0.3) is 0 Å². The van der Waals surface area contributed by atoms with Crippen molar-refractivity contribution in [3.63, 3.8) is 0 Å². The van der Waals surface area contributed by atoms with Crippen molar-refractivity contribution in [1.82, 2.24) is 4.72 Å². The molecule has 0 spiro atoms. The number of amides is 1. The Hall–Kier alpha value is -4.13. The molecule has 0 bridgehead atoms. The molecule has 48 heavy (non-hydrogen) atoms. The maximum Gasteiger partial charge on any atom is 0.317 e. The molecule has 0 radical (unpaired) electrons. The third-order valence-corrected chi connectivity index (χ3v) is 9.54. The summed E-state index contributed by atoms with van der Waals surface area (Å²) < 4.78 is 38.3. The number of hydrogen-bond donors (Lipinski definition) is 4. The Balaban J connectivity index is 1.43. The van der Waals surface area contributed by atoms with E-state index in [2.05, 4.69) is 4.72 Å². The number of aliphatic carboxylic acids is 2. The molecule has 3 aromatic rings. The summed E-state index contributed by atoms with van der Waals surface area (Å²) >= 11 is 0. The van der Waals surface area contributed by atoms with Crippen molar-refractivity contribution >= 4 is 33.6 Å². The average molecular weight is 683 g/mol. The number of unbranched alkanes of at least 4 members (excludes halogenated alkanes) is 2. The number of carbonyl (C=O) groups excluding carboxylic acids is 1. The third-order valence-electron chi connectivity index (χ3n) is 8.82. The number of nitrogens with one attached hydrogen (secondary N) is 1. The van der Waals surface area contributed by atoms with Crippen molar-refractivity contribution in [3.05, 3.63) is 101 Å². The fourth-order valence-corrected chi connectivity index (χ4v) is 6.66. The Morgan fingerprint density at radius 3 is 2.00 bits per heavy atom. The van der Waals surface area contributed by atoms with Crippen LogP contribution in [-0.4, -0.2) is 54.4 Å². The molecule has 4 N–H and O–H groups in total. The molecule has 1 aliphatic heterocycles. The first kappa shape index (κ1) is 36.7. The lowest BCUT2D eigenvalue weighted by Crippen LogP contribution is -2.55. The number of carboxylic acid groups (broad SMARTS) is 2. The largest absolute Gasteiger partial charge is 0.481 e. The van der Waals surface area contributed by atoms with Gasteiger partial charge in [0.1, 0.15) is 5.82 Å². The van der Waals surface area contributed by atoms with E-state index in [1.54, 1.807) is 4.90 Å². The molecule has 4 rings (SSSR count). The Morgan fingerprint density at radius 2 is 1.42 bits per heavy atom. The molecule has 1 fully saturated rings. The summed E-state index contributed by atoms with van der Waals surface area (Å²) in [6.45, 7) is 0.412. The molecule has 0 aliphatic carbocycles. The lowest BCUT2D eigenvalue weighted by molar-refractivity contribution is -0.154. The number of β-lactam (4-membered cyclic amide) rings is 1. The number of sulfonamides is 1. The molecule has 1 aliphatic rings. The van der Waals surface area contributed by atoms with Crippen molar-refractivity contribution < 1.29 is 42.5 Å². The van der Waals surface area contributed by atoms with E-state index in [4.69, 9.17) is 10.2 Å². The van der Waals surface area contributed by atoms with E-state index in [0.29, 0.717) is 37.8 Å². The Kier molecular flexibility index (Phi) is 12.9. The number of carbonyl (C=O) groups is 3. The van der Waals surface area contributed by atoms with Gasteiger partial charge in [-0.25, -0.2) is 17.5 Å². The minimum atomic E-state index is -3.19. The van der Waals surface area contributed by atoms with E-state index in [1.165, 1.54) is 24.3 Å². The fraction of sp³-hybridized carbons (Fsp3) is 0.417. The number of anilines is 1. The number of benzene rings is 3. The fourth-order valence-electron chi connectivity index (χ4n) is 6.14. The van der Waals surface area contributed by atoms with Crippen LogP contribution in [0.15, 0.2) is 72.8 Å². The first-order chi connectivity index (χ1) is 22.8. The highest BCUT2D eigenvalue weighted by atomic mass is 32.2. The van der Waals surface area contributed by atoms with E-state index in [1.807, 2.05) is 48.5 Å². The van der Waals surface area contributed by atoms with Crippen molar-refractivity contribution in [1.29, 1.82) is 0 Å². The van der Waals surface area contributed by atoms with Crippen LogP contribution in [0.1, 0.15) is 79.3 Å². The lowest BCUT2D eigenvalue weighted by atomic mass is 9.78. The number of hydrogen-bond acceptors (Lipinski definition) is 6. The van der Waals surface area contributed by atoms with Crippen LogP contribution in [0.4, 0.5) is 10.1 Å². The Morgan fingerprint density at radius 1 is 0.833 bits per heavy atom. The highest BCUT2D eigenvalue weighted by Crippen LogP contribution is 2.46. The molecule has 1 unspecified atom stereocenters. The highest BCUT2D eigenvalue weighted by molar-refractivity contribution is 7.88. The van der Waals surface area contributed by atoms with E-state index < -0.39 is 45.7 Å². The Labute approximate surface area is 280 Å². The molecule has 1 amide bonds. The predicted molar refractivity (Wildman–Crippen MR) is 179 cm³/mol. The summed E-state index contributed by atoms with van der Waals surface area (Å²) in [6.07, 6.45) is 5.28. The quantitative estimate of drug-likeness (QED) is 0.0741. The number of aliphatic hydroxyl groups is 1. The highest BCUT2D eigenvalue weighted by Gasteiger charge is 2.48. The van der Waals surface area contributed by atoms with Gasteiger partial charge in [-0.15, -0.1) is 0 Å². The van der Waals surface area contributed by atoms with Crippen LogP contribution in [0.5, 0.6) is 0 Å². The number of aryl methyl sites for hydroxylation is 2. The molecule has 12 heteroatoms. The number of nitrogens with zero attached hydrogens (tertiary/aromatic N) is 1. The molecule has 3 aromatic carbocycles. The first-order valence-corrected chi connectivity index (χ1v) is 18.1. The minimum absolute atomic E-state index is 0.0200. The maximum absolute atomic E-state index is 13.6. The summed E-state index contributed by atoms with van der Waals surface area (Å²) in [4.78, 5) is 37.8. The molecule has 0 saturated carbocycles. The van der Waals surface area contributed by atoms with Gasteiger partial charge in [-0.3, -0.25) is 14.4 Å². The molecule has 1 heterocycles. The van der Waals surface area contributed by atoms with Crippen molar-refractivity contribution in [3.8, 4) is 0 Å². The topological polar surface area (TPSA) is 161 Å². The monoisotopic (exact) mass is 682 g/mol. The van der Waals surface area contributed by atoms with Crippen LogP contribution >= 0.6 is 0 Å². The zero-order chi connectivity index (χ0) is 34.8. The molecule has 1 saturated heterocycles. The van der Waals surface area contributed by atoms with Gasteiger partial charge in [0.05, 0.1) is 24.3 Å². The number of halogens is 1.